The highest BCUT2D eigenvalue weighted by atomic mass is 14.8. The summed E-state index contributed by atoms with van der Waals surface area (Å²) < 4.78 is 0. The molecule has 0 aliphatic heterocycles. The molecule has 1 unspecified atom stereocenters. The van der Waals surface area contributed by atoms with Gasteiger partial charge in [0.05, 0.1) is 0 Å². The van der Waals surface area contributed by atoms with E-state index in [1.807, 2.05) is 0 Å². The molecule has 0 aliphatic rings. The molecule has 0 spiro atoms. The van der Waals surface area contributed by atoms with Crippen molar-refractivity contribution in [2.24, 2.45) is 17.6 Å². The lowest BCUT2D eigenvalue weighted by molar-refractivity contribution is 0.385. The Labute approximate surface area is 106 Å². The molecule has 2 heteroatoms. The van der Waals surface area contributed by atoms with Gasteiger partial charge in [-0.05, 0) is 43.3 Å². The molecule has 0 heterocycles. The zero-order valence-electron chi connectivity index (χ0n) is 11.2. The van der Waals surface area contributed by atoms with Crippen LogP contribution in [0.2, 0.25) is 0 Å². The minimum Gasteiger partial charge on any atom is -0.330 e. The van der Waals surface area contributed by atoms with Crippen molar-refractivity contribution in [3.8, 4) is 0 Å². The van der Waals surface area contributed by atoms with E-state index in [0.717, 1.165) is 25.6 Å². The van der Waals surface area contributed by atoms with Crippen molar-refractivity contribution in [3.05, 3.63) is 35.9 Å². The van der Waals surface area contributed by atoms with Crippen LogP contribution in [0.1, 0.15) is 32.3 Å². The van der Waals surface area contributed by atoms with E-state index in [0.29, 0.717) is 5.92 Å². The van der Waals surface area contributed by atoms with Crippen molar-refractivity contribution >= 4 is 0 Å². The molecule has 0 saturated heterocycles. The summed E-state index contributed by atoms with van der Waals surface area (Å²) in [6.07, 6.45) is 2.42. The number of benzene rings is 1. The molecule has 17 heavy (non-hydrogen) atoms. The van der Waals surface area contributed by atoms with E-state index in [4.69, 9.17) is 5.73 Å². The van der Waals surface area contributed by atoms with Crippen molar-refractivity contribution in [1.82, 2.24) is 5.32 Å². The lowest BCUT2D eigenvalue weighted by Crippen LogP contribution is -2.23. The quantitative estimate of drug-likeness (QED) is 0.679. The fourth-order valence-corrected chi connectivity index (χ4v) is 2.13. The molecule has 0 bridgehead atoms. The van der Waals surface area contributed by atoms with Crippen molar-refractivity contribution in [1.29, 1.82) is 0 Å². The van der Waals surface area contributed by atoms with E-state index in [9.17, 15) is 0 Å². The van der Waals surface area contributed by atoms with Gasteiger partial charge in [-0.15, -0.1) is 0 Å². The minimum atomic E-state index is 0.665. The second-order valence-corrected chi connectivity index (χ2v) is 5.18. The average molecular weight is 234 g/mol. The number of hydrogen-bond donors (Lipinski definition) is 2. The molecule has 3 N–H and O–H groups in total. The van der Waals surface area contributed by atoms with E-state index in [2.05, 4.69) is 49.5 Å². The Morgan fingerprint density at radius 1 is 1.18 bits per heavy atom. The summed E-state index contributed by atoms with van der Waals surface area (Å²) in [4.78, 5) is 0. The first kappa shape index (κ1) is 14.2. The number of rotatable bonds is 8. The molecule has 0 fully saturated rings. The van der Waals surface area contributed by atoms with Gasteiger partial charge in [0.1, 0.15) is 0 Å². The Bertz CT molecular complexity index is 282. The number of nitrogens with one attached hydrogen (secondary N) is 1. The van der Waals surface area contributed by atoms with Gasteiger partial charge in [0.2, 0.25) is 0 Å². The maximum Gasteiger partial charge on any atom is 0.0205 e. The van der Waals surface area contributed by atoms with Crippen molar-refractivity contribution in [2.75, 3.05) is 13.1 Å². The standard InChI is InChI=1S/C15H26N2/c1-13(2)10-15(11-16)8-9-17-12-14-6-4-3-5-7-14/h3-7,13,15,17H,8-12,16H2,1-2H3. The molecule has 0 amide bonds. The zero-order valence-corrected chi connectivity index (χ0v) is 11.2. The predicted molar refractivity (Wildman–Crippen MR) is 74.8 cm³/mol. The van der Waals surface area contributed by atoms with Crippen LogP contribution in [0.25, 0.3) is 0 Å². The summed E-state index contributed by atoms with van der Waals surface area (Å²) in [5.74, 6) is 1.41. The number of nitrogens with two attached hydrogens (primary N) is 1. The monoisotopic (exact) mass is 234 g/mol. The highest BCUT2D eigenvalue weighted by Crippen LogP contribution is 2.13. The third-order valence-electron chi connectivity index (χ3n) is 3.04. The molecular formula is C15H26N2. The lowest BCUT2D eigenvalue weighted by atomic mass is 9.94. The predicted octanol–water partition coefficient (Wildman–Crippen LogP) is 2.79. The van der Waals surface area contributed by atoms with Crippen LogP contribution in [0.5, 0.6) is 0 Å². The van der Waals surface area contributed by atoms with Gasteiger partial charge in [0, 0.05) is 6.54 Å². The molecule has 0 radical (unpaired) electrons. The summed E-state index contributed by atoms with van der Waals surface area (Å²) in [7, 11) is 0. The van der Waals surface area contributed by atoms with E-state index in [-0.39, 0.29) is 0 Å². The highest BCUT2D eigenvalue weighted by Gasteiger charge is 2.08. The SMILES string of the molecule is CC(C)CC(CN)CCNCc1ccccc1. The summed E-state index contributed by atoms with van der Waals surface area (Å²) in [5, 5.41) is 3.48. The Balaban J connectivity index is 2.14. The number of hydrogen-bond acceptors (Lipinski definition) is 2. The molecule has 0 aromatic heterocycles. The first-order chi connectivity index (χ1) is 8.22. The first-order valence-electron chi connectivity index (χ1n) is 6.67. The third-order valence-corrected chi connectivity index (χ3v) is 3.04. The van der Waals surface area contributed by atoms with E-state index in [1.165, 1.54) is 18.4 Å². The molecular weight excluding hydrogens is 208 g/mol. The minimum absolute atomic E-state index is 0.665. The molecule has 1 rings (SSSR count). The summed E-state index contributed by atoms with van der Waals surface area (Å²) in [6.45, 7) is 7.36. The molecule has 2 nitrogen and oxygen atoms in total. The smallest absolute Gasteiger partial charge is 0.0205 e. The third kappa shape index (κ3) is 6.44. The van der Waals surface area contributed by atoms with Gasteiger partial charge in [0.25, 0.3) is 0 Å². The average Bonchev–Trinajstić information content (AvgIpc) is 2.34. The topological polar surface area (TPSA) is 38.0 Å². The summed E-state index contributed by atoms with van der Waals surface area (Å²) >= 11 is 0. The van der Waals surface area contributed by atoms with Crippen LogP contribution in [-0.4, -0.2) is 13.1 Å². The van der Waals surface area contributed by atoms with Gasteiger partial charge >= 0.3 is 0 Å². The fourth-order valence-electron chi connectivity index (χ4n) is 2.13. The Morgan fingerprint density at radius 2 is 1.88 bits per heavy atom. The zero-order chi connectivity index (χ0) is 12.5. The normalized spacial score (nSPS) is 12.9. The van der Waals surface area contributed by atoms with Crippen LogP contribution >= 0.6 is 0 Å². The molecule has 0 saturated carbocycles. The van der Waals surface area contributed by atoms with Gasteiger partial charge in [0.15, 0.2) is 0 Å². The Morgan fingerprint density at radius 3 is 2.47 bits per heavy atom. The van der Waals surface area contributed by atoms with Crippen molar-refractivity contribution < 1.29 is 0 Å². The van der Waals surface area contributed by atoms with Crippen molar-refractivity contribution in [2.45, 2.75) is 33.2 Å². The van der Waals surface area contributed by atoms with Crippen LogP contribution in [0.4, 0.5) is 0 Å². The van der Waals surface area contributed by atoms with E-state index < -0.39 is 0 Å². The molecule has 96 valence electrons. The van der Waals surface area contributed by atoms with Gasteiger partial charge < -0.3 is 11.1 Å². The maximum absolute atomic E-state index is 5.79. The largest absolute Gasteiger partial charge is 0.330 e. The lowest BCUT2D eigenvalue weighted by Gasteiger charge is -2.17. The van der Waals surface area contributed by atoms with Crippen molar-refractivity contribution in [3.63, 3.8) is 0 Å². The van der Waals surface area contributed by atoms with Gasteiger partial charge in [-0.2, -0.15) is 0 Å². The summed E-state index contributed by atoms with van der Waals surface area (Å²) in [5.41, 5.74) is 7.13. The fraction of sp³-hybridized carbons (Fsp3) is 0.600. The van der Waals surface area contributed by atoms with Crippen LogP contribution in [-0.2, 0) is 6.54 Å². The molecule has 0 aliphatic carbocycles. The Kier molecular flexibility index (Phi) is 6.90. The van der Waals surface area contributed by atoms with Gasteiger partial charge in [-0.3, -0.25) is 0 Å². The van der Waals surface area contributed by atoms with Gasteiger partial charge in [-0.1, -0.05) is 44.2 Å². The van der Waals surface area contributed by atoms with Gasteiger partial charge in [-0.25, -0.2) is 0 Å². The second-order valence-electron chi connectivity index (χ2n) is 5.18. The van der Waals surface area contributed by atoms with Crippen LogP contribution < -0.4 is 11.1 Å². The molecule has 1 atom stereocenters. The Hall–Kier alpha value is -0.860. The summed E-state index contributed by atoms with van der Waals surface area (Å²) in [6, 6.07) is 10.5. The van der Waals surface area contributed by atoms with E-state index in [1.54, 1.807) is 0 Å². The molecule has 1 aromatic rings. The van der Waals surface area contributed by atoms with Crippen LogP contribution in [0, 0.1) is 11.8 Å². The second kappa shape index (κ2) is 8.26. The van der Waals surface area contributed by atoms with Crippen LogP contribution in [0.15, 0.2) is 30.3 Å². The highest BCUT2D eigenvalue weighted by molar-refractivity contribution is 5.14. The molecule has 1 aromatic carbocycles. The van der Waals surface area contributed by atoms with E-state index >= 15 is 0 Å². The first-order valence-corrected chi connectivity index (χ1v) is 6.67. The van der Waals surface area contributed by atoms with Crippen LogP contribution in [0.3, 0.4) is 0 Å². The maximum atomic E-state index is 5.79.